The van der Waals surface area contributed by atoms with Crippen LogP contribution in [0.2, 0.25) is 0 Å². The molecule has 0 fully saturated rings. The van der Waals surface area contributed by atoms with Gasteiger partial charge in [-0.1, -0.05) is 67.1 Å². The number of aryl methyl sites for hydroxylation is 2. The van der Waals surface area contributed by atoms with Crippen LogP contribution < -0.4 is 9.62 Å². The molecule has 1 atom stereocenters. The molecule has 8 heteroatoms. The van der Waals surface area contributed by atoms with Crippen LogP contribution >= 0.6 is 0 Å². The Bertz CT molecular complexity index is 1310. The Balaban J connectivity index is 2.04. The van der Waals surface area contributed by atoms with Crippen LogP contribution in [0.15, 0.2) is 83.8 Å². The van der Waals surface area contributed by atoms with Crippen LogP contribution in [-0.2, 0) is 26.2 Å². The molecule has 0 aromatic heterocycles. The number of amides is 2. The highest BCUT2D eigenvalue weighted by molar-refractivity contribution is 7.92. The smallest absolute Gasteiger partial charge is 0.264 e. The number of rotatable bonds is 11. The SMILES string of the molecule is CCNC(=O)[C@H](CC)N(Cc1ccc(C)cc1)C(=O)CN(c1cccc(C)c1)S(=O)(=O)c1ccccc1. The number of likely N-dealkylation sites (N-methyl/N-ethyl adjacent to an activating group) is 1. The van der Waals surface area contributed by atoms with Gasteiger partial charge < -0.3 is 10.2 Å². The van der Waals surface area contributed by atoms with Gasteiger partial charge in [0.1, 0.15) is 12.6 Å². The lowest BCUT2D eigenvalue weighted by Crippen LogP contribution is -2.52. The van der Waals surface area contributed by atoms with Crippen LogP contribution in [0.25, 0.3) is 0 Å². The summed E-state index contributed by atoms with van der Waals surface area (Å²) in [7, 11) is -4.06. The summed E-state index contributed by atoms with van der Waals surface area (Å²) in [6.07, 6.45) is 0.388. The quantitative estimate of drug-likeness (QED) is 0.404. The molecular formula is C29H35N3O4S. The van der Waals surface area contributed by atoms with Crippen molar-refractivity contribution in [1.29, 1.82) is 0 Å². The summed E-state index contributed by atoms with van der Waals surface area (Å²) >= 11 is 0. The molecule has 0 aliphatic rings. The maximum absolute atomic E-state index is 13.9. The van der Waals surface area contributed by atoms with Gasteiger partial charge in [-0.15, -0.1) is 0 Å². The number of nitrogens with zero attached hydrogens (tertiary/aromatic N) is 2. The second-order valence-electron chi connectivity index (χ2n) is 8.99. The summed E-state index contributed by atoms with van der Waals surface area (Å²) in [4.78, 5) is 28.4. The molecule has 37 heavy (non-hydrogen) atoms. The van der Waals surface area contributed by atoms with Gasteiger partial charge in [-0.3, -0.25) is 13.9 Å². The van der Waals surface area contributed by atoms with E-state index in [9.17, 15) is 18.0 Å². The van der Waals surface area contributed by atoms with E-state index in [0.29, 0.717) is 18.7 Å². The topological polar surface area (TPSA) is 86.8 Å². The molecule has 3 rings (SSSR count). The first-order valence-electron chi connectivity index (χ1n) is 12.4. The van der Waals surface area contributed by atoms with E-state index in [1.165, 1.54) is 17.0 Å². The van der Waals surface area contributed by atoms with E-state index in [0.717, 1.165) is 21.0 Å². The van der Waals surface area contributed by atoms with Crippen molar-refractivity contribution in [2.75, 3.05) is 17.4 Å². The fourth-order valence-corrected chi connectivity index (χ4v) is 5.56. The zero-order chi connectivity index (χ0) is 27.0. The van der Waals surface area contributed by atoms with Crippen LogP contribution in [-0.4, -0.2) is 44.3 Å². The van der Waals surface area contributed by atoms with Crippen molar-refractivity contribution < 1.29 is 18.0 Å². The first-order chi connectivity index (χ1) is 17.7. The van der Waals surface area contributed by atoms with Crippen molar-refractivity contribution in [3.05, 3.63) is 95.6 Å². The highest BCUT2D eigenvalue weighted by Gasteiger charge is 2.33. The van der Waals surface area contributed by atoms with Crippen molar-refractivity contribution in [2.45, 2.75) is 51.6 Å². The van der Waals surface area contributed by atoms with Crippen LogP contribution in [0.1, 0.15) is 37.0 Å². The van der Waals surface area contributed by atoms with E-state index in [-0.39, 0.29) is 17.3 Å². The molecule has 0 bridgehead atoms. The fourth-order valence-electron chi connectivity index (χ4n) is 4.13. The molecule has 0 radical (unpaired) electrons. The maximum atomic E-state index is 13.9. The van der Waals surface area contributed by atoms with Crippen molar-refractivity contribution in [2.24, 2.45) is 0 Å². The largest absolute Gasteiger partial charge is 0.355 e. The number of benzene rings is 3. The maximum Gasteiger partial charge on any atom is 0.264 e. The minimum atomic E-state index is -4.06. The summed E-state index contributed by atoms with van der Waals surface area (Å²) in [5.74, 6) is -0.724. The zero-order valence-electron chi connectivity index (χ0n) is 21.8. The summed E-state index contributed by atoms with van der Waals surface area (Å²) in [6.45, 7) is 7.68. The van der Waals surface area contributed by atoms with E-state index < -0.39 is 28.5 Å². The average molecular weight is 522 g/mol. The summed E-state index contributed by atoms with van der Waals surface area (Å²) in [5.41, 5.74) is 3.19. The van der Waals surface area contributed by atoms with Gasteiger partial charge >= 0.3 is 0 Å². The highest BCUT2D eigenvalue weighted by Crippen LogP contribution is 2.25. The van der Waals surface area contributed by atoms with Crippen LogP contribution in [0.4, 0.5) is 5.69 Å². The summed E-state index contributed by atoms with van der Waals surface area (Å²) < 4.78 is 28.6. The lowest BCUT2D eigenvalue weighted by Gasteiger charge is -2.33. The lowest BCUT2D eigenvalue weighted by molar-refractivity contribution is -0.140. The lowest BCUT2D eigenvalue weighted by atomic mass is 10.1. The Hall–Kier alpha value is -3.65. The number of sulfonamides is 1. The van der Waals surface area contributed by atoms with Gasteiger partial charge in [-0.05, 0) is 62.6 Å². The van der Waals surface area contributed by atoms with Crippen LogP contribution in [0.5, 0.6) is 0 Å². The van der Waals surface area contributed by atoms with Gasteiger partial charge in [-0.25, -0.2) is 8.42 Å². The van der Waals surface area contributed by atoms with Crippen molar-refractivity contribution in [3.8, 4) is 0 Å². The van der Waals surface area contributed by atoms with Crippen LogP contribution in [0, 0.1) is 13.8 Å². The van der Waals surface area contributed by atoms with E-state index in [1.54, 1.807) is 36.4 Å². The first kappa shape index (κ1) is 27.9. The molecular weight excluding hydrogens is 486 g/mol. The third-order valence-corrected chi connectivity index (χ3v) is 7.90. The zero-order valence-corrected chi connectivity index (χ0v) is 22.7. The molecule has 0 aliphatic heterocycles. The monoisotopic (exact) mass is 521 g/mol. The third kappa shape index (κ3) is 6.98. The molecule has 0 aliphatic carbocycles. The molecule has 3 aromatic carbocycles. The van der Waals surface area contributed by atoms with Gasteiger partial charge in [0.2, 0.25) is 11.8 Å². The predicted molar refractivity (Wildman–Crippen MR) is 147 cm³/mol. The molecule has 0 spiro atoms. The Morgan fingerprint density at radius 2 is 1.54 bits per heavy atom. The van der Waals surface area contributed by atoms with Crippen molar-refractivity contribution in [1.82, 2.24) is 10.2 Å². The standard InChI is InChI=1S/C29H35N3O4S/c1-5-27(29(34)30-6-2)31(20-24-17-15-22(3)16-18-24)28(33)21-32(25-12-10-11-23(4)19-25)37(35,36)26-13-8-7-9-14-26/h7-19,27H,5-6,20-21H2,1-4H3,(H,30,34)/t27-/m0/s1. The van der Waals surface area contributed by atoms with Gasteiger partial charge in [0.15, 0.2) is 0 Å². The molecule has 7 nitrogen and oxygen atoms in total. The summed E-state index contributed by atoms with van der Waals surface area (Å²) in [5, 5.41) is 2.81. The molecule has 0 saturated heterocycles. The van der Waals surface area contributed by atoms with Gasteiger partial charge in [-0.2, -0.15) is 0 Å². The minimum absolute atomic E-state index is 0.0881. The van der Waals surface area contributed by atoms with Crippen molar-refractivity contribution in [3.63, 3.8) is 0 Å². The van der Waals surface area contributed by atoms with Gasteiger partial charge in [0, 0.05) is 13.1 Å². The van der Waals surface area contributed by atoms with Gasteiger partial charge in [0.05, 0.1) is 10.6 Å². The summed E-state index contributed by atoms with van der Waals surface area (Å²) in [6, 6.07) is 22.1. The second kappa shape index (κ2) is 12.5. The number of hydrogen-bond donors (Lipinski definition) is 1. The van der Waals surface area contributed by atoms with E-state index >= 15 is 0 Å². The number of anilines is 1. The Morgan fingerprint density at radius 1 is 0.865 bits per heavy atom. The second-order valence-corrected chi connectivity index (χ2v) is 10.9. The number of carbonyl (C=O) groups is 2. The molecule has 0 saturated carbocycles. The van der Waals surface area contributed by atoms with Gasteiger partial charge in [0.25, 0.3) is 10.0 Å². The normalized spacial score (nSPS) is 12.0. The number of hydrogen-bond acceptors (Lipinski definition) is 4. The van der Waals surface area contributed by atoms with E-state index in [1.807, 2.05) is 58.0 Å². The molecule has 196 valence electrons. The molecule has 0 heterocycles. The molecule has 3 aromatic rings. The molecule has 0 unspecified atom stereocenters. The van der Waals surface area contributed by atoms with E-state index in [4.69, 9.17) is 0 Å². The average Bonchev–Trinajstić information content (AvgIpc) is 2.88. The molecule has 2 amide bonds. The molecule has 1 N–H and O–H groups in total. The van der Waals surface area contributed by atoms with E-state index in [2.05, 4.69) is 5.32 Å². The van der Waals surface area contributed by atoms with Crippen molar-refractivity contribution >= 4 is 27.5 Å². The Labute approximate surface area is 220 Å². The minimum Gasteiger partial charge on any atom is -0.355 e. The van der Waals surface area contributed by atoms with Crippen LogP contribution in [0.3, 0.4) is 0 Å². The predicted octanol–water partition coefficient (Wildman–Crippen LogP) is 4.44. The third-order valence-electron chi connectivity index (χ3n) is 6.11. The first-order valence-corrected chi connectivity index (χ1v) is 13.9. The number of nitrogens with one attached hydrogen (secondary N) is 1. The Morgan fingerprint density at radius 3 is 2.14 bits per heavy atom. The Kier molecular flexibility index (Phi) is 9.47. The fraction of sp³-hybridized carbons (Fsp3) is 0.310. The highest BCUT2D eigenvalue weighted by atomic mass is 32.2. The number of carbonyl (C=O) groups excluding carboxylic acids is 2.